The molecule has 1 fully saturated rings. The zero-order valence-electron chi connectivity index (χ0n) is 17.2. The van der Waals surface area contributed by atoms with E-state index in [9.17, 15) is 33.3 Å². The van der Waals surface area contributed by atoms with Crippen LogP contribution in [0.25, 0.3) is 0 Å². The van der Waals surface area contributed by atoms with Crippen LogP contribution in [0, 0.1) is 11.8 Å². The average molecular weight is 456 g/mol. The van der Waals surface area contributed by atoms with E-state index in [0.717, 1.165) is 18.2 Å². The minimum Gasteiger partial charge on any atom is -0.491 e. The van der Waals surface area contributed by atoms with Crippen LogP contribution < -0.4 is 4.74 Å². The Bertz CT molecular complexity index is 833. The molecule has 1 aromatic carbocycles. The molecule has 0 heterocycles. The van der Waals surface area contributed by atoms with Gasteiger partial charge >= 0.3 is 12.1 Å². The number of allylic oxidation sites excluding steroid dienone is 3. The van der Waals surface area contributed by atoms with Crippen molar-refractivity contribution in [2.75, 3.05) is 6.61 Å². The number of ether oxygens (including phenoxy) is 1. The Kier molecular flexibility index (Phi) is 9.49. The summed E-state index contributed by atoms with van der Waals surface area (Å²) in [6.07, 6.45) is 2.96. The third kappa shape index (κ3) is 8.14. The van der Waals surface area contributed by atoms with Crippen LogP contribution >= 0.6 is 0 Å². The van der Waals surface area contributed by atoms with E-state index in [1.54, 1.807) is 18.2 Å². The van der Waals surface area contributed by atoms with E-state index < -0.39 is 41.9 Å². The first-order valence-corrected chi connectivity index (χ1v) is 10.1. The predicted octanol–water partition coefficient (Wildman–Crippen LogP) is 3.34. The summed E-state index contributed by atoms with van der Waals surface area (Å²) in [5.74, 6) is -1.78. The highest BCUT2D eigenvalue weighted by molar-refractivity contribution is 5.79. The van der Waals surface area contributed by atoms with Crippen LogP contribution in [0.3, 0.4) is 0 Å². The number of benzene rings is 1. The number of hydrogen-bond acceptors (Lipinski definition) is 5. The van der Waals surface area contributed by atoms with Crippen LogP contribution in [-0.2, 0) is 11.0 Å². The molecule has 6 nitrogen and oxygen atoms in total. The highest BCUT2D eigenvalue weighted by Gasteiger charge is 2.39. The van der Waals surface area contributed by atoms with Crippen LogP contribution in [0.1, 0.15) is 24.8 Å². The molecule has 4 N–H and O–H groups in total. The second kappa shape index (κ2) is 11.8. The van der Waals surface area contributed by atoms with Gasteiger partial charge in [-0.2, -0.15) is 13.2 Å². The van der Waals surface area contributed by atoms with E-state index in [0.29, 0.717) is 12.8 Å². The zero-order chi connectivity index (χ0) is 23.7. The molecule has 0 aliphatic heterocycles. The Morgan fingerprint density at radius 3 is 2.62 bits per heavy atom. The SMILES string of the molecule is O=C(O)/C=C/C/C=C\C[C@@H]1[C@@H](/C=C/[C@@H](O)COc2cccc(C(F)(F)F)c2)[C@H](O)C[C@@H]1O. The summed E-state index contributed by atoms with van der Waals surface area (Å²) in [7, 11) is 0. The van der Waals surface area contributed by atoms with Crippen LogP contribution in [0.2, 0.25) is 0 Å². The third-order valence-corrected chi connectivity index (χ3v) is 5.16. The van der Waals surface area contributed by atoms with Crippen molar-refractivity contribution < 1.29 is 43.1 Å². The lowest BCUT2D eigenvalue weighted by Crippen LogP contribution is -2.21. The fourth-order valence-corrected chi connectivity index (χ4v) is 3.56. The quantitative estimate of drug-likeness (QED) is 0.318. The fourth-order valence-electron chi connectivity index (χ4n) is 3.56. The standard InChI is InChI=1S/C23H27F3O6/c24-23(25,26)15-6-5-7-17(12-15)32-14-16(27)10-11-19-18(20(28)13-21(19)29)8-3-1-2-4-9-22(30)31/h1,3-7,9-12,16,18-21,27-29H,2,8,13-14H2,(H,30,31)/b3-1-,9-4+,11-10+/t16-,18-,19-,20+,21-/m1/s1. The highest BCUT2D eigenvalue weighted by atomic mass is 19.4. The lowest BCUT2D eigenvalue weighted by atomic mass is 9.89. The van der Waals surface area contributed by atoms with E-state index in [-0.39, 0.29) is 24.7 Å². The molecule has 0 saturated heterocycles. The number of carboxylic acid groups (broad SMARTS) is 1. The number of carbonyl (C=O) groups is 1. The summed E-state index contributed by atoms with van der Waals surface area (Å²) in [6, 6.07) is 4.34. The number of aliphatic carboxylic acids is 1. The van der Waals surface area contributed by atoms with Gasteiger partial charge in [-0.25, -0.2) is 4.79 Å². The number of hydrogen-bond donors (Lipinski definition) is 4. The number of rotatable bonds is 10. The smallest absolute Gasteiger partial charge is 0.416 e. The maximum atomic E-state index is 12.8. The molecule has 1 aliphatic rings. The largest absolute Gasteiger partial charge is 0.491 e. The van der Waals surface area contributed by atoms with Crippen molar-refractivity contribution in [2.24, 2.45) is 11.8 Å². The average Bonchev–Trinajstić information content (AvgIpc) is 2.99. The highest BCUT2D eigenvalue weighted by Crippen LogP contribution is 2.36. The van der Waals surface area contributed by atoms with Gasteiger partial charge in [-0.05, 0) is 37.0 Å². The van der Waals surface area contributed by atoms with E-state index in [1.807, 2.05) is 0 Å². The lowest BCUT2D eigenvalue weighted by Gasteiger charge is -2.19. The second-order valence-corrected chi connectivity index (χ2v) is 7.58. The third-order valence-electron chi connectivity index (χ3n) is 5.16. The monoisotopic (exact) mass is 456 g/mol. The topological polar surface area (TPSA) is 107 Å². The van der Waals surface area contributed by atoms with Crippen molar-refractivity contribution in [3.8, 4) is 5.75 Å². The normalized spacial score (nSPS) is 25.2. The second-order valence-electron chi connectivity index (χ2n) is 7.58. The lowest BCUT2D eigenvalue weighted by molar-refractivity contribution is -0.137. The summed E-state index contributed by atoms with van der Waals surface area (Å²) >= 11 is 0. The Labute approximate surface area is 184 Å². The van der Waals surface area contributed by atoms with Gasteiger partial charge in [0, 0.05) is 18.4 Å². The van der Waals surface area contributed by atoms with Gasteiger partial charge in [0.2, 0.25) is 0 Å². The molecular weight excluding hydrogens is 429 g/mol. The van der Waals surface area contributed by atoms with Gasteiger partial charge in [0.15, 0.2) is 0 Å². The molecule has 1 saturated carbocycles. The van der Waals surface area contributed by atoms with Gasteiger partial charge in [-0.15, -0.1) is 0 Å². The van der Waals surface area contributed by atoms with Crippen molar-refractivity contribution >= 4 is 5.97 Å². The van der Waals surface area contributed by atoms with E-state index in [1.165, 1.54) is 24.3 Å². The molecule has 32 heavy (non-hydrogen) atoms. The van der Waals surface area contributed by atoms with Crippen LogP contribution in [-0.4, -0.2) is 51.3 Å². The summed E-state index contributed by atoms with van der Waals surface area (Å²) in [5, 5.41) is 39.1. The van der Waals surface area contributed by atoms with Crippen molar-refractivity contribution in [2.45, 2.75) is 43.8 Å². The minimum atomic E-state index is -4.49. The van der Waals surface area contributed by atoms with Crippen LogP contribution in [0.5, 0.6) is 5.75 Å². The number of aliphatic hydroxyl groups is 3. The van der Waals surface area contributed by atoms with Crippen molar-refractivity contribution in [3.63, 3.8) is 0 Å². The molecule has 0 unspecified atom stereocenters. The molecule has 176 valence electrons. The Balaban J connectivity index is 1.90. The van der Waals surface area contributed by atoms with Gasteiger partial charge in [0.05, 0.1) is 17.8 Å². The molecular formula is C23H27F3O6. The van der Waals surface area contributed by atoms with Gasteiger partial charge < -0.3 is 25.2 Å². The van der Waals surface area contributed by atoms with Crippen LogP contribution in [0.4, 0.5) is 13.2 Å². The number of aliphatic hydroxyl groups excluding tert-OH is 3. The van der Waals surface area contributed by atoms with Crippen molar-refractivity contribution in [1.82, 2.24) is 0 Å². The molecule has 0 spiro atoms. The van der Waals surface area contributed by atoms with Gasteiger partial charge in [-0.1, -0.05) is 36.4 Å². The predicted molar refractivity (Wildman–Crippen MR) is 111 cm³/mol. The van der Waals surface area contributed by atoms with E-state index >= 15 is 0 Å². The molecule has 1 aromatic rings. The fraction of sp³-hybridized carbons (Fsp3) is 0.435. The zero-order valence-corrected chi connectivity index (χ0v) is 17.2. The summed E-state index contributed by atoms with van der Waals surface area (Å²) < 4.78 is 43.5. The number of alkyl halides is 3. The first kappa shape index (κ1) is 25.6. The molecule has 0 aromatic heterocycles. The summed E-state index contributed by atoms with van der Waals surface area (Å²) in [5.41, 5.74) is -0.850. The Morgan fingerprint density at radius 2 is 1.94 bits per heavy atom. The van der Waals surface area contributed by atoms with Crippen molar-refractivity contribution in [1.29, 1.82) is 0 Å². The minimum absolute atomic E-state index is 0.0245. The number of carboxylic acids is 1. The molecule has 2 rings (SSSR count). The van der Waals surface area contributed by atoms with Crippen molar-refractivity contribution in [3.05, 3.63) is 66.3 Å². The Hall–Kier alpha value is -2.62. The number of halogens is 3. The first-order valence-electron chi connectivity index (χ1n) is 10.1. The molecule has 9 heteroatoms. The van der Waals surface area contributed by atoms with Gasteiger partial charge in [0.1, 0.15) is 18.5 Å². The molecule has 5 atom stereocenters. The Morgan fingerprint density at radius 1 is 1.19 bits per heavy atom. The maximum absolute atomic E-state index is 12.8. The molecule has 0 bridgehead atoms. The first-order chi connectivity index (χ1) is 15.1. The van der Waals surface area contributed by atoms with E-state index in [4.69, 9.17) is 9.84 Å². The van der Waals surface area contributed by atoms with Gasteiger partial charge in [-0.3, -0.25) is 0 Å². The molecule has 0 amide bonds. The maximum Gasteiger partial charge on any atom is 0.416 e. The van der Waals surface area contributed by atoms with E-state index in [2.05, 4.69) is 0 Å². The van der Waals surface area contributed by atoms with Gasteiger partial charge in [0.25, 0.3) is 0 Å². The molecule has 1 aliphatic carbocycles. The summed E-state index contributed by atoms with van der Waals surface area (Å²) in [4.78, 5) is 10.4. The molecule has 0 radical (unpaired) electrons. The van der Waals surface area contributed by atoms with Crippen LogP contribution in [0.15, 0.2) is 60.7 Å². The summed E-state index contributed by atoms with van der Waals surface area (Å²) in [6.45, 7) is -0.274.